The molecule has 1 heterocycles. The van der Waals surface area contributed by atoms with Crippen molar-refractivity contribution >= 4 is 23.0 Å². The van der Waals surface area contributed by atoms with E-state index in [0.717, 1.165) is 38.4 Å². The lowest BCUT2D eigenvalue weighted by Gasteiger charge is -2.36. The van der Waals surface area contributed by atoms with Crippen molar-refractivity contribution in [3.05, 3.63) is 94.5 Å². The van der Waals surface area contributed by atoms with Crippen LogP contribution in [0.1, 0.15) is 5.56 Å². The maximum atomic E-state index is 12.2. The van der Waals surface area contributed by atoms with Crippen LogP contribution in [0.2, 0.25) is 0 Å². The molecule has 33 heavy (non-hydrogen) atoms. The van der Waals surface area contributed by atoms with Gasteiger partial charge in [-0.05, 0) is 35.9 Å². The highest BCUT2D eigenvalue weighted by Gasteiger charge is 2.18. The topological polar surface area (TPSA) is 87.9 Å². The number of piperazine rings is 1. The quantitative estimate of drug-likeness (QED) is 0.417. The molecule has 0 atom stereocenters. The fraction of sp³-hybridized carbons (Fsp3) is 0.240. The molecule has 8 heteroatoms. The Labute approximate surface area is 192 Å². The zero-order valence-electron chi connectivity index (χ0n) is 18.2. The van der Waals surface area contributed by atoms with Crippen molar-refractivity contribution < 1.29 is 14.5 Å². The molecule has 0 saturated carbocycles. The van der Waals surface area contributed by atoms with Gasteiger partial charge in [-0.1, -0.05) is 42.5 Å². The first kappa shape index (κ1) is 22.3. The third-order valence-electron chi connectivity index (χ3n) is 5.56. The van der Waals surface area contributed by atoms with E-state index < -0.39 is 4.92 Å². The maximum Gasteiger partial charge on any atom is 0.310 e. The smallest absolute Gasteiger partial charge is 0.310 e. The van der Waals surface area contributed by atoms with Crippen molar-refractivity contribution in [3.63, 3.8) is 0 Å². The number of nitro groups is 1. The summed E-state index contributed by atoms with van der Waals surface area (Å²) in [4.78, 5) is 27.5. The van der Waals surface area contributed by atoms with Crippen molar-refractivity contribution in [3.8, 4) is 5.75 Å². The molecule has 8 nitrogen and oxygen atoms in total. The number of anilines is 2. The fourth-order valence-corrected chi connectivity index (χ4v) is 3.83. The lowest BCUT2D eigenvalue weighted by molar-refractivity contribution is -0.385. The number of carbonyl (C=O) groups excluding carboxylic acids is 1. The standard InChI is InChI=1S/C25H26N4O4/c30-25(19-33-24-9-5-4-8-23(24)29(31)32)26-21-10-12-22(13-11-21)28-16-14-27(15-17-28)18-20-6-2-1-3-7-20/h1-13H,14-19H2,(H,26,30). The van der Waals surface area contributed by atoms with Gasteiger partial charge < -0.3 is 15.0 Å². The second-order valence-electron chi connectivity index (χ2n) is 7.86. The Morgan fingerprint density at radius 3 is 2.27 bits per heavy atom. The van der Waals surface area contributed by atoms with Gasteiger partial charge in [-0.25, -0.2) is 0 Å². The van der Waals surface area contributed by atoms with Gasteiger partial charge in [0.05, 0.1) is 4.92 Å². The highest BCUT2D eigenvalue weighted by atomic mass is 16.6. The summed E-state index contributed by atoms with van der Waals surface area (Å²) in [5.41, 5.74) is 2.93. The van der Waals surface area contributed by atoms with E-state index in [-0.39, 0.29) is 24.0 Å². The largest absolute Gasteiger partial charge is 0.477 e. The first-order chi connectivity index (χ1) is 16.1. The zero-order chi connectivity index (χ0) is 23.0. The number of ether oxygens (including phenoxy) is 1. The highest BCUT2D eigenvalue weighted by molar-refractivity contribution is 5.92. The van der Waals surface area contributed by atoms with E-state index in [4.69, 9.17) is 4.74 Å². The SMILES string of the molecule is O=C(COc1ccccc1[N+](=O)[O-])Nc1ccc(N2CCN(Cc3ccccc3)CC2)cc1. The molecule has 3 aromatic rings. The number of rotatable bonds is 8. The van der Waals surface area contributed by atoms with Crippen molar-refractivity contribution in [2.75, 3.05) is 43.0 Å². The van der Waals surface area contributed by atoms with Crippen LogP contribution in [-0.4, -0.2) is 48.5 Å². The van der Waals surface area contributed by atoms with E-state index in [9.17, 15) is 14.9 Å². The molecule has 1 amide bonds. The second-order valence-corrected chi connectivity index (χ2v) is 7.86. The Morgan fingerprint density at radius 1 is 0.909 bits per heavy atom. The number of hydrogen-bond donors (Lipinski definition) is 1. The molecule has 170 valence electrons. The number of para-hydroxylation sites is 2. The minimum absolute atomic E-state index is 0.0689. The number of nitrogens with one attached hydrogen (secondary N) is 1. The van der Waals surface area contributed by atoms with Crippen LogP contribution in [0.15, 0.2) is 78.9 Å². The van der Waals surface area contributed by atoms with Crippen LogP contribution in [0.5, 0.6) is 5.75 Å². The van der Waals surface area contributed by atoms with Crippen LogP contribution >= 0.6 is 0 Å². The zero-order valence-corrected chi connectivity index (χ0v) is 18.2. The van der Waals surface area contributed by atoms with Crippen LogP contribution in [0, 0.1) is 10.1 Å². The Hall–Kier alpha value is -3.91. The third kappa shape index (κ3) is 6.08. The molecular weight excluding hydrogens is 420 g/mol. The number of hydrogen-bond acceptors (Lipinski definition) is 6. The highest BCUT2D eigenvalue weighted by Crippen LogP contribution is 2.26. The summed E-state index contributed by atoms with van der Waals surface area (Å²) in [5.74, 6) is -0.310. The summed E-state index contributed by atoms with van der Waals surface area (Å²) in [6.45, 7) is 4.54. The van der Waals surface area contributed by atoms with E-state index in [1.165, 1.54) is 17.7 Å². The van der Waals surface area contributed by atoms with Crippen LogP contribution in [0.4, 0.5) is 17.1 Å². The molecular formula is C25H26N4O4. The molecule has 1 fully saturated rings. The average Bonchev–Trinajstić information content (AvgIpc) is 2.84. The van der Waals surface area contributed by atoms with Crippen LogP contribution in [0.3, 0.4) is 0 Å². The Morgan fingerprint density at radius 2 is 1.58 bits per heavy atom. The monoisotopic (exact) mass is 446 g/mol. The molecule has 4 rings (SSSR count). The summed E-state index contributed by atoms with van der Waals surface area (Å²) >= 11 is 0. The van der Waals surface area contributed by atoms with Crippen molar-refractivity contribution in [2.45, 2.75) is 6.54 Å². The summed E-state index contributed by atoms with van der Waals surface area (Å²) in [7, 11) is 0. The molecule has 0 aliphatic carbocycles. The van der Waals surface area contributed by atoms with Crippen molar-refractivity contribution in [1.82, 2.24) is 4.90 Å². The Balaban J connectivity index is 1.25. The molecule has 1 aliphatic heterocycles. The van der Waals surface area contributed by atoms with Gasteiger partial charge in [-0.3, -0.25) is 19.8 Å². The molecule has 0 unspecified atom stereocenters. The van der Waals surface area contributed by atoms with Crippen molar-refractivity contribution in [1.29, 1.82) is 0 Å². The number of nitro benzene ring substituents is 1. The summed E-state index contributed by atoms with van der Waals surface area (Å²) in [5, 5.41) is 13.8. The third-order valence-corrected chi connectivity index (χ3v) is 5.56. The molecule has 3 aromatic carbocycles. The van der Waals surface area contributed by atoms with Gasteiger partial charge in [0.2, 0.25) is 0 Å². The maximum absolute atomic E-state index is 12.2. The van der Waals surface area contributed by atoms with Gasteiger partial charge in [0.1, 0.15) is 0 Å². The molecule has 1 saturated heterocycles. The summed E-state index contributed by atoms with van der Waals surface area (Å²) in [6, 6.07) is 24.2. The van der Waals surface area contributed by atoms with E-state index >= 15 is 0 Å². The first-order valence-corrected chi connectivity index (χ1v) is 10.9. The minimum Gasteiger partial charge on any atom is -0.477 e. The van der Waals surface area contributed by atoms with Crippen LogP contribution < -0.4 is 15.0 Å². The first-order valence-electron chi connectivity index (χ1n) is 10.9. The molecule has 0 radical (unpaired) electrons. The molecule has 1 N–H and O–H groups in total. The lowest BCUT2D eigenvalue weighted by Crippen LogP contribution is -2.45. The lowest BCUT2D eigenvalue weighted by atomic mass is 10.2. The predicted molar refractivity (Wildman–Crippen MR) is 128 cm³/mol. The van der Waals surface area contributed by atoms with Gasteiger partial charge in [-0.15, -0.1) is 0 Å². The Kier molecular flexibility index (Phi) is 7.16. The molecule has 0 bridgehead atoms. The number of benzene rings is 3. The van der Waals surface area contributed by atoms with Gasteiger partial charge in [0.25, 0.3) is 5.91 Å². The van der Waals surface area contributed by atoms with E-state index in [1.54, 1.807) is 12.1 Å². The van der Waals surface area contributed by atoms with Gasteiger partial charge >= 0.3 is 5.69 Å². The minimum atomic E-state index is -0.534. The van der Waals surface area contributed by atoms with Gasteiger partial charge in [0.15, 0.2) is 12.4 Å². The fourth-order valence-electron chi connectivity index (χ4n) is 3.83. The summed E-state index contributed by atoms with van der Waals surface area (Å²) < 4.78 is 5.34. The van der Waals surface area contributed by atoms with Crippen LogP contribution in [0.25, 0.3) is 0 Å². The normalized spacial score (nSPS) is 14.0. The Bertz CT molecular complexity index is 1080. The number of nitrogens with zero attached hydrogens (tertiary/aromatic N) is 3. The predicted octanol–water partition coefficient (Wildman–Crippen LogP) is 3.93. The van der Waals surface area contributed by atoms with E-state index in [2.05, 4.69) is 39.4 Å². The van der Waals surface area contributed by atoms with Gasteiger partial charge in [-0.2, -0.15) is 0 Å². The van der Waals surface area contributed by atoms with Gasteiger partial charge in [0, 0.05) is 50.2 Å². The number of amides is 1. The molecule has 0 spiro atoms. The van der Waals surface area contributed by atoms with E-state index in [0.29, 0.717) is 5.69 Å². The number of carbonyl (C=O) groups is 1. The molecule has 0 aromatic heterocycles. The summed E-state index contributed by atoms with van der Waals surface area (Å²) in [6.07, 6.45) is 0. The van der Waals surface area contributed by atoms with E-state index in [1.807, 2.05) is 30.3 Å². The van der Waals surface area contributed by atoms with Crippen LogP contribution in [-0.2, 0) is 11.3 Å². The van der Waals surface area contributed by atoms with Crippen molar-refractivity contribution in [2.24, 2.45) is 0 Å². The molecule has 1 aliphatic rings. The second kappa shape index (κ2) is 10.6. The average molecular weight is 447 g/mol.